The summed E-state index contributed by atoms with van der Waals surface area (Å²) < 4.78 is 0. The highest BCUT2D eigenvalue weighted by molar-refractivity contribution is 5.17. The molecule has 2 N–H and O–H groups in total. The van der Waals surface area contributed by atoms with Gasteiger partial charge in [-0.25, -0.2) is 0 Å². The lowest BCUT2D eigenvalue weighted by atomic mass is 10.0. The molecule has 0 amide bonds. The molecule has 2 heterocycles. The van der Waals surface area contributed by atoms with Crippen LogP contribution in [0.2, 0.25) is 0 Å². The van der Waals surface area contributed by atoms with Crippen molar-refractivity contribution in [2.24, 2.45) is 0 Å². The van der Waals surface area contributed by atoms with Gasteiger partial charge in [-0.1, -0.05) is 6.07 Å². The van der Waals surface area contributed by atoms with E-state index in [4.69, 9.17) is 0 Å². The van der Waals surface area contributed by atoms with Gasteiger partial charge in [0.1, 0.15) is 0 Å². The third-order valence-electron chi connectivity index (χ3n) is 2.76. The fourth-order valence-corrected chi connectivity index (χ4v) is 1.87. The van der Waals surface area contributed by atoms with Crippen LogP contribution in [0.5, 0.6) is 0 Å². The fourth-order valence-electron chi connectivity index (χ4n) is 1.87. The van der Waals surface area contributed by atoms with E-state index in [2.05, 4.69) is 10.3 Å². The van der Waals surface area contributed by atoms with Crippen LogP contribution in [0.1, 0.15) is 30.2 Å². The summed E-state index contributed by atoms with van der Waals surface area (Å²) in [6, 6.07) is 4.10. The maximum absolute atomic E-state index is 10.0. The molecule has 0 spiro atoms. The summed E-state index contributed by atoms with van der Waals surface area (Å²) >= 11 is 0. The zero-order valence-corrected chi connectivity index (χ0v) is 8.40. The summed E-state index contributed by atoms with van der Waals surface area (Å²) in [6.45, 7) is 2.96. The number of hydrogen-bond acceptors (Lipinski definition) is 3. The first-order chi connectivity index (χ1) is 6.77. The Labute approximate surface area is 84.2 Å². The van der Waals surface area contributed by atoms with Gasteiger partial charge in [-0.3, -0.25) is 4.98 Å². The van der Waals surface area contributed by atoms with Gasteiger partial charge in [0.05, 0.1) is 6.10 Å². The lowest BCUT2D eigenvalue weighted by Gasteiger charge is -2.18. The van der Waals surface area contributed by atoms with Crippen LogP contribution in [0, 0.1) is 6.92 Å². The maximum atomic E-state index is 10.0. The Balaban J connectivity index is 2.09. The van der Waals surface area contributed by atoms with Crippen LogP contribution in [0.25, 0.3) is 0 Å². The van der Waals surface area contributed by atoms with Crippen molar-refractivity contribution >= 4 is 0 Å². The van der Waals surface area contributed by atoms with Gasteiger partial charge in [0.15, 0.2) is 0 Å². The Bertz CT molecular complexity index is 291. The van der Waals surface area contributed by atoms with Crippen LogP contribution < -0.4 is 5.32 Å². The van der Waals surface area contributed by atoms with Gasteiger partial charge in [-0.2, -0.15) is 0 Å². The quantitative estimate of drug-likeness (QED) is 0.739. The van der Waals surface area contributed by atoms with Crippen molar-refractivity contribution in [2.75, 3.05) is 6.54 Å². The van der Waals surface area contributed by atoms with Crippen LogP contribution >= 0.6 is 0 Å². The number of hydrogen-bond donors (Lipinski definition) is 2. The van der Waals surface area contributed by atoms with E-state index in [1.807, 2.05) is 19.1 Å². The first-order valence-electron chi connectivity index (χ1n) is 5.11. The molecule has 1 aromatic heterocycles. The number of rotatable bonds is 2. The molecule has 0 aromatic carbocycles. The Morgan fingerprint density at radius 2 is 2.43 bits per heavy atom. The highest BCUT2D eigenvalue weighted by Crippen LogP contribution is 2.22. The third kappa shape index (κ3) is 1.94. The zero-order chi connectivity index (χ0) is 9.97. The molecule has 14 heavy (non-hydrogen) atoms. The van der Waals surface area contributed by atoms with Crippen molar-refractivity contribution in [3.05, 3.63) is 29.6 Å². The van der Waals surface area contributed by atoms with E-state index in [9.17, 15) is 5.11 Å². The van der Waals surface area contributed by atoms with Gasteiger partial charge < -0.3 is 10.4 Å². The van der Waals surface area contributed by atoms with Crippen molar-refractivity contribution in [2.45, 2.75) is 31.9 Å². The van der Waals surface area contributed by atoms with Gasteiger partial charge in [0.25, 0.3) is 0 Å². The molecule has 0 aliphatic carbocycles. The normalized spacial score (nSPS) is 23.7. The Kier molecular flexibility index (Phi) is 2.79. The van der Waals surface area contributed by atoms with E-state index in [-0.39, 0.29) is 6.04 Å². The second kappa shape index (κ2) is 4.07. The van der Waals surface area contributed by atoms with E-state index in [0.29, 0.717) is 0 Å². The average Bonchev–Trinajstić information content (AvgIpc) is 2.71. The standard InChI is InChI=1S/C11H16N2O/c1-8-4-5-9(7-13-8)11(14)10-3-2-6-12-10/h4-5,7,10-12,14H,2-3,6H2,1H3/t10-,11?/m0/s1. The molecular formula is C11H16N2O. The minimum atomic E-state index is -0.411. The predicted octanol–water partition coefficient (Wildman–Crippen LogP) is 1.18. The molecule has 1 aliphatic heterocycles. The van der Waals surface area contributed by atoms with Crippen molar-refractivity contribution in [3.63, 3.8) is 0 Å². The minimum Gasteiger partial charge on any atom is -0.387 e. The van der Waals surface area contributed by atoms with Crippen LogP contribution in [0.15, 0.2) is 18.3 Å². The summed E-state index contributed by atoms with van der Waals surface area (Å²) in [7, 11) is 0. The molecule has 3 heteroatoms. The molecule has 1 fully saturated rings. The first kappa shape index (κ1) is 9.62. The maximum Gasteiger partial charge on any atom is 0.0957 e. The highest BCUT2D eigenvalue weighted by atomic mass is 16.3. The van der Waals surface area contributed by atoms with Crippen molar-refractivity contribution < 1.29 is 5.11 Å². The number of pyridine rings is 1. The zero-order valence-electron chi connectivity index (χ0n) is 8.40. The van der Waals surface area contributed by atoms with Crippen LogP contribution in [0.4, 0.5) is 0 Å². The van der Waals surface area contributed by atoms with E-state index < -0.39 is 6.10 Å². The molecule has 3 nitrogen and oxygen atoms in total. The first-order valence-corrected chi connectivity index (χ1v) is 5.11. The number of aromatic nitrogens is 1. The number of aryl methyl sites for hydroxylation is 1. The minimum absolute atomic E-state index is 0.208. The lowest BCUT2D eigenvalue weighted by Crippen LogP contribution is -2.28. The Morgan fingerprint density at radius 3 is 3.00 bits per heavy atom. The van der Waals surface area contributed by atoms with Gasteiger partial charge in [-0.05, 0) is 32.4 Å². The number of aliphatic hydroxyl groups is 1. The molecular weight excluding hydrogens is 176 g/mol. The van der Waals surface area contributed by atoms with Crippen LogP contribution in [-0.2, 0) is 0 Å². The number of aliphatic hydroxyl groups excluding tert-OH is 1. The summed E-state index contributed by atoms with van der Waals surface area (Å²) in [5.74, 6) is 0. The molecule has 1 aliphatic rings. The van der Waals surface area contributed by atoms with Crippen LogP contribution in [-0.4, -0.2) is 22.7 Å². The molecule has 2 rings (SSSR count). The summed E-state index contributed by atoms with van der Waals surface area (Å²) in [4.78, 5) is 4.18. The van der Waals surface area contributed by atoms with Crippen LogP contribution in [0.3, 0.4) is 0 Å². The van der Waals surface area contributed by atoms with E-state index in [1.54, 1.807) is 6.20 Å². The number of nitrogens with zero attached hydrogens (tertiary/aromatic N) is 1. The van der Waals surface area contributed by atoms with Gasteiger partial charge in [0, 0.05) is 23.5 Å². The molecule has 1 unspecified atom stereocenters. The second-order valence-electron chi connectivity index (χ2n) is 3.88. The number of nitrogens with one attached hydrogen (secondary N) is 1. The molecule has 1 aromatic rings. The van der Waals surface area contributed by atoms with Crippen molar-refractivity contribution in [1.82, 2.24) is 10.3 Å². The second-order valence-corrected chi connectivity index (χ2v) is 3.88. The topological polar surface area (TPSA) is 45.1 Å². The largest absolute Gasteiger partial charge is 0.387 e. The SMILES string of the molecule is Cc1ccc(C(O)[C@@H]2CCCN2)cn1. The summed E-state index contributed by atoms with van der Waals surface area (Å²) in [5.41, 5.74) is 1.90. The third-order valence-corrected chi connectivity index (χ3v) is 2.76. The predicted molar refractivity (Wildman–Crippen MR) is 55.0 cm³/mol. The Hall–Kier alpha value is -0.930. The molecule has 2 atom stereocenters. The van der Waals surface area contributed by atoms with E-state index in [1.165, 1.54) is 0 Å². The van der Waals surface area contributed by atoms with Crippen molar-refractivity contribution in [3.8, 4) is 0 Å². The van der Waals surface area contributed by atoms with E-state index >= 15 is 0 Å². The highest BCUT2D eigenvalue weighted by Gasteiger charge is 2.23. The molecule has 1 saturated heterocycles. The van der Waals surface area contributed by atoms with Gasteiger partial charge in [0.2, 0.25) is 0 Å². The average molecular weight is 192 g/mol. The summed E-state index contributed by atoms with van der Waals surface area (Å²) in [6.07, 6.45) is 3.56. The van der Waals surface area contributed by atoms with E-state index in [0.717, 1.165) is 30.6 Å². The molecule has 0 saturated carbocycles. The monoisotopic (exact) mass is 192 g/mol. The fraction of sp³-hybridized carbons (Fsp3) is 0.545. The molecule has 76 valence electrons. The molecule has 0 bridgehead atoms. The Morgan fingerprint density at radius 1 is 1.57 bits per heavy atom. The van der Waals surface area contributed by atoms with Gasteiger partial charge in [-0.15, -0.1) is 0 Å². The van der Waals surface area contributed by atoms with Gasteiger partial charge >= 0.3 is 0 Å². The molecule has 0 radical (unpaired) electrons. The lowest BCUT2D eigenvalue weighted by molar-refractivity contribution is 0.137. The summed E-state index contributed by atoms with van der Waals surface area (Å²) in [5, 5.41) is 13.3. The smallest absolute Gasteiger partial charge is 0.0957 e. The van der Waals surface area contributed by atoms with Crippen molar-refractivity contribution in [1.29, 1.82) is 0 Å².